The van der Waals surface area contributed by atoms with Crippen LogP contribution >= 0.6 is 0 Å². The third kappa shape index (κ3) is 5.93. The van der Waals surface area contributed by atoms with Crippen LogP contribution in [0.25, 0.3) is 28.1 Å². The zero-order chi connectivity index (χ0) is 28.9. The van der Waals surface area contributed by atoms with Gasteiger partial charge in [-0.15, -0.1) is 0 Å². The van der Waals surface area contributed by atoms with Crippen molar-refractivity contribution >= 4 is 19.3 Å². The number of allylic oxidation sites excluding steroid dienone is 2. The minimum absolute atomic E-state index is 0. The number of unbranched alkanes of at least 4 members (excludes halogenated alkanes) is 2. The van der Waals surface area contributed by atoms with Crippen molar-refractivity contribution in [1.29, 1.82) is 0 Å². The number of aryl methyl sites for hydroxylation is 2. The van der Waals surface area contributed by atoms with Crippen LogP contribution in [0.2, 0.25) is 13.1 Å². The van der Waals surface area contributed by atoms with Crippen LogP contribution in [-0.2, 0) is 31.1 Å². The summed E-state index contributed by atoms with van der Waals surface area (Å²) in [7, 11) is -1.19. The van der Waals surface area contributed by atoms with Crippen molar-refractivity contribution in [2.75, 3.05) is 0 Å². The summed E-state index contributed by atoms with van der Waals surface area (Å²) in [6.45, 7) is 14.1. The van der Waals surface area contributed by atoms with Crippen molar-refractivity contribution in [3.8, 4) is 16.8 Å². The smallest absolute Gasteiger partial charge is 1.00 e. The third-order valence-electron chi connectivity index (χ3n) is 9.58. The van der Waals surface area contributed by atoms with E-state index in [0.29, 0.717) is 3.63 Å². The van der Waals surface area contributed by atoms with Crippen LogP contribution in [0.1, 0.15) is 82.8 Å². The molecule has 3 heterocycles. The van der Waals surface area contributed by atoms with Crippen molar-refractivity contribution in [3.63, 3.8) is 0 Å². The molecule has 0 radical (unpaired) electrons. The van der Waals surface area contributed by atoms with Gasteiger partial charge in [0.15, 0.2) is 0 Å². The second-order valence-electron chi connectivity index (χ2n) is 12.8. The monoisotopic (exact) mass is 700 g/mol. The Hall–Kier alpha value is -1.90. The fourth-order valence-electron chi connectivity index (χ4n) is 7.66. The van der Waals surface area contributed by atoms with Gasteiger partial charge >= 0.3 is 143 Å². The minimum Gasteiger partial charge on any atom is -1.00 e. The van der Waals surface area contributed by atoms with Gasteiger partial charge in [0.2, 0.25) is 0 Å². The molecule has 5 heteroatoms. The topological polar surface area (TPSA) is 4.93 Å². The van der Waals surface area contributed by atoms with Crippen molar-refractivity contribution in [1.82, 2.24) is 4.57 Å². The predicted molar refractivity (Wildman–Crippen MR) is 175 cm³/mol. The van der Waals surface area contributed by atoms with Crippen molar-refractivity contribution < 1.29 is 49.5 Å². The molecule has 2 bridgehead atoms. The van der Waals surface area contributed by atoms with Gasteiger partial charge in [-0.2, -0.15) is 0 Å². The number of rotatable bonds is 6. The summed E-state index contributed by atoms with van der Waals surface area (Å²) in [4.78, 5) is 0. The number of nitrogens with zero attached hydrogens (tertiary/aromatic N) is 1. The number of halogens is 2. The van der Waals surface area contributed by atoms with Crippen LogP contribution in [0.3, 0.4) is 0 Å². The van der Waals surface area contributed by atoms with Gasteiger partial charge in [-0.3, -0.25) is 0 Å². The molecule has 1 aromatic heterocycles. The average Bonchev–Trinajstić information content (AvgIpc) is 3.62. The van der Waals surface area contributed by atoms with E-state index in [1.54, 1.807) is 41.1 Å². The zero-order valence-corrected chi connectivity index (χ0v) is 31.2. The number of hydrogen-bond donors (Lipinski definition) is 0. The molecular formula is C38H42Cl2NSiZr. The predicted octanol–water partition coefficient (Wildman–Crippen LogP) is 4.56. The van der Waals surface area contributed by atoms with Gasteiger partial charge in [-0.1, -0.05) is 43.8 Å². The fraction of sp³-hybridized carbons (Fsp3) is 0.316. The van der Waals surface area contributed by atoms with Crippen molar-refractivity contribution in [2.45, 2.75) is 75.6 Å². The van der Waals surface area contributed by atoms with Gasteiger partial charge in [0.1, 0.15) is 0 Å². The molecule has 1 nitrogen and oxygen atoms in total. The molecule has 0 amide bonds. The van der Waals surface area contributed by atoms with E-state index in [0.717, 1.165) is 5.54 Å². The number of fused-ring (bicyclic) bond motifs is 1. The van der Waals surface area contributed by atoms with Gasteiger partial charge < -0.3 is 29.4 Å². The van der Waals surface area contributed by atoms with Crippen molar-refractivity contribution in [3.05, 3.63) is 124 Å². The fourth-order valence-corrected chi connectivity index (χ4v) is 12.8. The van der Waals surface area contributed by atoms with E-state index in [9.17, 15) is 0 Å². The normalized spacial score (nSPS) is 18.4. The molecule has 0 fully saturated rings. The molecule has 2 unspecified atom stereocenters. The minimum atomic E-state index is -1.19. The maximum Gasteiger partial charge on any atom is -1.00 e. The number of hydrogen-bond acceptors (Lipinski definition) is 0. The molecule has 221 valence electrons. The second kappa shape index (κ2) is 13.6. The molecule has 0 spiro atoms. The molecule has 2 aliphatic carbocycles. The van der Waals surface area contributed by atoms with Gasteiger partial charge in [0.05, 0.1) is 8.07 Å². The number of benzene rings is 3. The molecular weight excluding hydrogens is 661 g/mol. The molecule has 0 saturated heterocycles. The average molecular weight is 703 g/mol. The Balaban J connectivity index is 0.000000189. The summed E-state index contributed by atoms with van der Waals surface area (Å²) in [5, 5.41) is 1.71. The van der Waals surface area contributed by atoms with E-state index in [2.05, 4.69) is 130 Å². The Bertz CT molecular complexity index is 1660. The molecule has 43 heavy (non-hydrogen) atoms. The molecule has 4 aliphatic rings. The molecule has 0 N–H and O–H groups in total. The standard InChI is InChI=1S/C21H23.C17H19NSi.2ClH.Zr/c1-3-4-5-7-17-10-12-18(13-11-17)20-9-6-8-19-14-16(2)15-21(19)20;1-11-10-14-15(17-12(2)16(14)19(17,3)4)18(11)13-8-6-5-7-9-13;;;/h6,8-15H,3-5,7H2,1-2H3;5-10,16H,1-4H3;2*1H;/q;;;;+2/p-2. The SMILES string of the molecule is CC1=C2c3c(cc(C)n3-c3ccccc3)C1[Si]2(C)C.CCCCCc1ccc(-c2cccc3c2C=C(C)[CH]3[Zr+2])cc1.[Cl-].[Cl-]. The number of aromatic nitrogens is 1. The van der Waals surface area contributed by atoms with E-state index >= 15 is 0 Å². The molecule has 3 aromatic carbocycles. The quantitative estimate of drug-likeness (QED) is 0.205. The number of para-hydroxylation sites is 1. The van der Waals surface area contributed by atoms with Gasteiger partial charge in [0, 0.05) is 22.6 Å². The second-order valence-corrected chi connectivity index (χ2v) is 18.7. The van der Waals surface area contributed by atoms with Gasteiger partial charge in [0.25, 0.3) is 0 Å². The van der Waals surface area contributed by atoms with E-state index in [-0.39, 0.29) is 24.8 Å². The largest absolute Gasteiger partial charge is 1.00 e. The molecule has 4 aromatic rings. The first-order valence-corrected chi connectivity index (χ1v) is 19.8. The Labute approximate surface area is 287 Å². The van der Waals surface area contributed by atoms with Crippen LogP contribution in [0.4, 0.5) is 0 Å². The Morgan fingerprint density at radius 2 is 1.51 bits per heavy atom. The Morgan fingerprint density at radius 1 is 0.814 bits per heavy atom. The van der Waals surface area contributed by atoms with Gasteiger partial charge in [-0.25, -0.2) is 0 Å². The summed E-state index contributed by atoms with van der Waals surface area (Å²) in [6, 6.07) is 29.2. The Morgan fingerprint density at radius 3 is 2.16 bits per heavy atom. The first-order valence-electron chi connectivity index (χ1n) is 15.3. The maximum atomic E-state index is 2.52. The summed E-state index contributed by atoms with van der Waals surface area (Å²) >= 11 is 1.59. The van der Waals surface area contributed by atoms with E-state index in [1.807, 2.05) is 0 Å². The summed E-state index contributed by atoms with van der Waals surface area (Å²) in [6.07, 6.45) is 7.53. The first kappa shape index (κ1) is 34.0. The van der Waals surface area contributed by atoms with Crippen LogP contribution in [0.5, 0.6) is 0 Å². The van der Waals surface area contributed by atoms with Crippen LogP contribution in [-0.4, -0.2) is 12.6 Å². The molecule has 2 aliphatic heterocycles. The molecule has 8 rings (SSSR count). The van der Waals surface area contributed by atoms with Crippen LogP contribution in [0, 0.1) is 6.92 Å². The third-order valence-corrected chi connectivity index (χ3v) is 15.6. The van der Waals surface area contributed by atoms with Gasteiger partial charge in [-0.05, 0) is 42.8 Å². The first-order chi connectivity index (χ1) is 19.7. The zero-order valence-electron chi connectivity index (χ0n) is 26.3. The Kier molecular flexibility index (Phi) is 10.8. The van der Waals surface area contributed by atoms with Crippen molar-refractivity contribution in [2.24, 2.45) is 0 Å². The van der Waals surface area contributed by atoms with E-state index < -0.39 is 8.07 Å². The van der Waals surface area contributed by atoms with Crippen LogP contribution < -0.4 is 24.8 Å². The molecule has 0 saturated carbocycles. The van der Waals surface area contributed by atoms with E-state index in [1.165, 1.54) is 76.1 Å². The summed E-state index contributed by atoms with van der Waals surface area (Å²) in [5.74, 6) is 0. The maximum absolute atomic E-state index is 2.52. The molecule has 2 atom stereocenters. The summed E-state index contributed by atoms with van der Waals surface area (Å²) < 4.78 is 3.12. The summed E-state index contributed by atoms with van der Waals surface area (Å²) in [5.41, 5.74) is 16.9. The van der Waals surface area contributed by atoms with E-state index in [4.69, 9.17) is 0 Å². The van der Waals surface area contributed by atoms with Crippen LogP contribution in [0.15, 0.2) is 90.0 Å².